The highest BCUT2D eigenvalue weighted by molar-refractivity contribution is 5.94. The van der Waals surface area contributed by atoms with Gasteiger partial charge in [-0.25, -0.2) is 0 Å². The number of methoxy groups -OCH3 is 1. The first-order chi connectivity index (χ1) is 16.0. The Kier molecular flexibility index (Phi) is 6.87. The monoisotopic (exact) mass is 444 g/mol. The molecule has 0 spiro atoms. The second kappa shape index (κ2) is 9.99. The van der Waals surface area contributed by atoms with Gasteiger partial charge in [-0.15, -0.1) is 0 Å². The molecule has 1 heterocycles. The lowest BCUT2D eigenvalue weighted by Gasteiger charge is -2.37. The highest BCUT2D eigenvalue weighted by Crippen LogP contribution is 2.26. The quantitative estimate of drug-likeness (QED) is 0.527. The van der Waals surface area contributed by atoms with E-state index in [0.717, 1.165) is 30.2 Å². The third kappa shape index (κ3) is 5.14. The van der Waals surface area contributed by atoms with Crippen LogP contribution < -0.4 is 14.4 Å². The molecule has 5 nitrogen and oxygen atoms in total. The number of anilines is 1. The summed E-state index contributed by atoms with van der Waals surface area (Å²) >= 11 is 0. The number of carbonyl (C=O) groups is 1. The van der Waals surface area contributed by atoms with Crippen molar-refractivity contribution in [2.24, 2.45) is 0 Å². The summed E-state index contributed by atoms with van der Waals surface area (Å²) in [7, 11) is 1.64. The first kappa shape index (κ1) is 22.7. The summed E-state index contributed by atoms with van der Waals surface area (Å²) in [4.78, 5) is 17.6. The molecular weight excluding hydrogens is 412 g/mol. The molecule has 1 saturated heterocycles. The molecule has 3 aromatic carbocycles. The van der Waals surface area contributed by atoms with E-state index in [4.69, 9.17) is 9.47 Å². The lowest BCUT2D eigenvalue weighted by atomic mass is 10.1. The molecule has 3 aromatic rings. The number of aryl methyl sites for hydroxylation is 2. The topological polar surface area (TPSA) is 42.0 Å². The zero-order valence-corrected chi connectivity index (χ0v) is 19.9. The Hall–Kier alpha value is -3.47. The van der Waals surface area contributed by atoms with Gasteiger partial charge in [0.25, 0.3) is 5.91 Å². The molecular formula is C28H32N2O3. The molecule has 1 aliphatic heterocycles. The van der Waals surface area contributed by atoms with Crippen molar-refractivity contribution in [2.45, 2.75) is 27.4 Å². The third-order valence-electron chi connectivity index (χ3n) is 6.43. The van der Waals surface area contributed by atoms with E-state index in [2.05, 4.69) is 36.9 Å². The van der Waals surface area contributed by atoms with Gasteiger partial charge in [-0.05, 0) is 68.3 Å². The van der Waals surface area contributed by atoms with Gasteiger partial charge in [0.1, 0.15) is 18.1 Å². The van der Waals surface area contributed by atoms with Crippen molar-refractivity contribution in [1.82, 2.24) is 4.90 Å². The Morgan fingerprint density at radius 1 is 0.909 bits per heavy atom. The van der Waals surface area contributed by atoms with Crippen LogP contribution in [0, 0.1) is 20.8 Å². The molecule has 33 heavy (non-hydrogen) atoms. The van der Waals surface area contributed by atoms with E-state index in [9.17, 15) is 4.79 Å². The van der Waals surface area contributed by atoms with Crippen LogP contribution >= 0.6 is 0 Å². The van der Waals surface area contributed by atoms with Crippen LogP contribution in [0.15, 0.2) is 60.7 Å². The van der Waals surface area contributed by atoms with E-state index in [1.807, 2.05) is 54.3 Å². The average molecular weight is 445 g/mol. The highest BCUT2D eigenvalue weighted by Gasteiger charge is 2.24. The van der Waals surface area contributed by atoms with Gasteiger partial charge in [0.15, 0.2) is 0 Å². The van der Waals surface area contributed by atoms with E-state index < -0.39 is 0 Å². The molecule has 1 aliphatic rings. The zero-order valence-electron chi connectivity index (χ0n) is 19.9. The second-order valence-electron chi connectivity index (χ2n) is 8.63. The molecule has 0 aliphatic carbocycles. The number of nitrogens with zero attached hydrogens (tertiary/aromatic N) is 2. The molecule has 0 atom stereocenters. The Morgan fingerprint density at radius 2 is 1.64 bits per heavy atom. The number of carbonyl (C=O) groups excluding carboxylic acids is 1. The lowest BCUT2D eigenvalue weighted by Crippen LogP contribution is -2.49. The van der Waals surface area contributed by atoms with Gasteiger partial charge in [-0.3, -0.25) is 4.79 Å². The number of hydrogen-bond acceptors (Lipinski definition) is 4. The van der Waals surface area contributed by atoms with Crippen LogP contribution in [-0.2, 0) is 6.61 Å². The van der Waals surface area contributed by atoms with Crippen molar-refractivity contribution in [2.75, 3.05) is 38.2 Å². The summed E-state index contributed by atoms with van der Waals surface area (Å²) in [5, 5.41) is 0. The van der Waals surface area contributed by atoms with E-state index in [1.165, 1.54) is 22.4 Å². The van der Waals surface area contributed by atoms with Gasteiger partial charge < -0.3 is 19.3 Å². The van der Waals surface area contributed by atoms with Crippen molar-refractivity contribution >= 4 is 11.6 Å². The average Bonchev–Trinajstić information content (AvgIpc) is 2.85. The third-order valence-corrected chi connectivity index (χ3v) is 6.43. The maximum Gasteiger partial charge on any atom is 0.253 e. The predicted octanol–water partition coefficient (Wildman–Crippen LogP) is 5.16. The molecule has 5 heteroatoms. The van der Waals surface area contributed by atoms with Gasteiger partial charge >= 0.3 is 0 Å². The number of piperazine rings is 1. The normalized spacial score (nSPS) is 13.7. The minimum Gasteiger partial charge on any atom is -0.496 e. The van der Waals surface area contributed by atoms with Crippen molar-refractivity contribution < 1.29 is 14.3 Å². The minimum absolute atomic E-state index is 0.0508. The molecule has 172 valence electrons. The van der Waals surface area contributed by atoms with Crippen molar-refractivity contribution in [3.05, 3.63) is 88.5 Å². The van der Waals surface area contributed by atoms with Gasteiger partial charge in [-0.1, -0.05) is 29.8 Å². The van der Waals surface area contributed by atoms with E-state index in [1.54, 1.807) is 7.11 Å². The second-order valence-corrected chi connectivity index (χ2v) is 8.63. The zero-order chi connectivity index (χ0) is 23.4. The van der Waals surface area contributed by atoms with Crippen LogP contribution in [0.25, 0.3) is 0 Å². The van der Waals surface area contributed by atoms with Crippen LogP contribution in [-0.4, -0.2) is 44.1 Å². The number of rotatable bonds is 6. The van der Waals surface area contributed by atoms with E-state index in [-0.39, 0.29) is 5.91 Å². The van der Waals surface area contributed by atoms with Crippen LogP contribution in [0.4, 0.5) is 5.69 Å². The Balaban J connectivity index is 1.43. The van der Waals surface area contributed by atoms with Crippen molar-refractivity contribution in [1.29, 1.82) is 0 Å². The fourth-order valence-electron chi connectivity index (χ4n) is 4.23. The molecule has 0 saturated carbocycles. The van der Waals surface area contributed by atoms with Gasteiger partial charge in [0.05, 0.1) is 7.11 Å². The van der Waals surface area contributed by atoms with Crippen LogP contribution in [0.1, 0.15) is 32.6 Å². The summed E-state index contributed by atoms with van der Waals surface area (Å²) in [6.45, 7) is 9.76. The number of ether oxygens (including phenoxy) is 2. The fourth-order valence-corrected chi connectivity index (χ4v) is 4.23. The van der Waals surface area contributed by atoms with Gasteiger partial charge in [0, 0.05) is 43.0 Å². The molecule has 0 bridgehead atoms. The predicted molar refractivity (Wildman–Crippen MR) is 133 cm³/mol. The van der Waals surface area contributed by atoms with Crippen LogP contribution in [0.3, 0.4) is 0 Å². The summed E-state index contributed by atoms with van der Waals surface area (Å²) in [5.41, 5.74) is 6.58. The Morgan fingerprint density at radius 3 is 2.33 bits per heavy atom. The number of amides is 1. The standard InChI is InChI=1S/C28H32N2O3/c1-20-8-11-25(12-9-20)33-19-24-18-23(10-13-27(24)32-4)28(31)30-16-14-29(15-17-30)26-7-5-6-21(2)22(26)3/h5-13,18H,14-17,19H2,1-4H3. The maximum absolute atomic E-state index is 13.3. The van der Waals surface area contributed by atoms with Gasteiger partial charge in [0.2, 0.25) is 0 Å². The van der Waals surface area contributed by atoms with Crippen molar-refractivity contribution in [3.8, 4) is 11.5 Å². The summed E-state index contributed by atoms with van der Waals surface area (Å²) < 4.78 is 11.4. The van der Waals surface area contributed by atoms with Crippen LogP contribution in [0.2, 0.25) is 0 Å². The maximum atomic E-state index is 13.3. The fraction of sp³-hybridized carbons (Fsp3) is 0.321. The SMILES string of the molecule is COc1ccc(C(=O)N2CCN(c3cccc(C)c3C)CC2)cc1COc1ccc(C)cc1. The van der Waals surface area contributed by atoms with Crippen LogP contribution in [0.5, 0.6) is 11.5 Å². The molecule has 0 radical (unpaired) electrons. The summed E-state index contributed by atoms with van der Waals surface area (Å²) in [5.74, 6) is 1.57. The summed E-state index contributed by atoms with van der Waals surface area (Å²) in [6.07, 6.45) is 0. The van der Waals surface area contributed by atoms with E-state index >= 15 is 0 Å². The van der Waals surface area contributed by atoms with E-state index in [0.29, 0.717) is 25.3 Å². The largest absolute Gasteiger partial charge is 0.496 e. The molecule has 1 fully saturated rings. The Labute approximate surface area is 196 Å². The van der Waals surface area contributed by atoms with Crippen molar-refractivity contribution in [3.63, 3.8) is 0 Å². The lowest BCUT2D eigenvalue weighted by molar-refractivity contribution is 0.0746. The number of benzene rings is 3. The molecule has 0 aromatic heterocycles. The summed E-state index contributed by atoms with van der Waals surface area (Å²) in [6, 6.07) is 19.9. The molecule has 1 amide bonds. The highest BCUT2D eigenvalue weighted by atomic mass is 16.5. The molecule has 4 rings (SSSR count). The molecule has 0 unspecified atom stereocenters. The smallest absolute Gasteiger partial charge is 0.253 e. The first-order valence-corrected chi connectivity index (χ1v) is 11.4. The Bertz CT molecular complexity index is 1120. The number of hydrogen-bond donors (Lipinski definition) is 0. The first-order valence-electron chi connectivity index (χ1n) is 11.4. The molecule has 0 N–H and O–H groups in total. The minimum atomic E-state index is 0.0508. The van der Waals surface area contributed by atoms with Gasteiger partial charge in [-0.2, -0.15) is 0 Å².